The van der Waals surface area contributed by atoms with Gasteiger partial charge in [0, 0.05) is 10.4 Å². The minimum absolute atomic E-state index is 0.155. The summed E-state index contributed by atoms with van der Waals surface area (Å²) in [4.78, 5) is 4.70. The average Bonchev–Trinajstić information content (AvgIpc) is 2.09. The molecular formula is C11H16ClNO. The van der Waals surface area contributed by atoms with E-state index in [4.69, 9.17) is 22.3 Å². The molecule has 0 spiro atoms. The van der Waals surface area contributed by atoms with Crippen LogP contribution in [0.1, 0.15) is 25.0 Å². The molecule has 0 aliphatic rings. The van der Waals surface area contributed by atoms with Crippen molar-refractivity contribution < 1.29 is 4.84 Å². The lowest BCUT2D eigenvalue weighted by molar-refractivity contribution is 0.0964. The molecule has 0 fully saturated rings. The van der Waals surface area contributed by atoms with Crippen LogP contribution in [0.3, 0.4) is 0 Å². The van der Waals surface area contributed by atoms with Crippen molar-refractivity contribution >= 4 is 11.6 Å². The van der Waals surface area contributed by atoms with Crippen molar-refractivity contribution in [2.45, 2.75) is 26.2 Å². The Kier molecular flexibility index (Phi) is 3.53. The fraction of sp³-hybridized carbons (Fsp3) is 0.455. The highest BCUT2D eigenvalue weighted by molar-refractivity contribution is 6.31. The third-order valence-corrected chi connectivity index (χ3v) is 2.62. The van der Waals surface area contributed by atoms with Crippen molar-refractivity contribution in [1.82, 2.24) is 0 Å². The number of aryl methyl sites for hydroxylation is 1. The van der Waals surface area contributed by atoms with Crippen LogP contribution in [-0.2, 0) is 10.3 Å². The van der Waals surface area contributed by atoms with Gasteiger partial charge in [-0.15, -0.1) is 0 Å². The van der Waals surface area contributed by atoms with E-state index in [1.54, 1.807) is 0 Å². The summed E-state index contributed by atoms with van der Waals surface area (Å²) in [5.41, 5.74) is 2.11. The van der Waals surface area contributed by atoms with Crippen LogP contribution < -0.4 is 5.90 Å². The van der Waals surface area contributed by atoms with Crippen LogP contribution in [0.2, 0.25) is 5.02 Å². The largest absolute Gasteiger partial charge is 0.304 e. The van der Waals surface area contributed by atoms with Crippen molar-refractivity contribution in [3.8, 4) is 0 Å². The Morgan fingerprint density at radius 1 is 1.43 bits per heavy atom. The third kappa shape index (κ3) is 2.47. The molecule has 2 nitrogen and oxygen atoms in total. The molecule has 0 aliphatic carbocycles. The molecule has 0 aromatic heterocycles. The second kappa shape index (κ2) is 4.30. The molecule has 0 bridgehead atoms. The minimum Gasteiger partial charge on any atom is -0.304 e. The predicted octanol–water partition coefficient (Wildman–Crippen LogP) is 2.82. The molecule has 2 N–H and O–H groups in total. The number of hydrogen-bond donors (Lipinski definition) is 1. The van der Waals surface area contributed by atoms with Gasteiger partial charge in [-0.3, -0.25) is 0 Å². The maximum absolute atomic E-state index is 6.12. The molecule has 0 amide bonds. The van der Waals surface area contributed by atoms with Crippen LogP contribution in [0.25, 0.3) is 0 Å². The highest BCUT2D eigenvalue weighted by atomic mass is 35.5. The van der Waals surface area contributed by atoms with E-state index >= 15 is 0 Å². The fourth-order valence-corrected chi connectivity index (χ4v) is 1.82. The van der Waals surface area contributed by atoms with E-state index in [1.807, 2.05) is 19.1 Å². The lowest BCUT2D eigenvalue weighted by Gasteiger charge is -2.25. The number of benzene rings is 1. The second-order valence-electron chi connectivity index (χ2n) is 4.18. The molecule has 3 heteroatoms. The molecule has 1 aromatic carbocycles. The highest BCUT2D eigenvalue weighted by Gasteiger charge is 2.23. The van der Waals surface area contributed by atoms with Gasteiger partial charge >= 0.3 is 0 Å². The number of rotatable bonds is 3. The summed E-state index contributed by atoms with van der Waals surface area (Å²) in [6, 6.07) is 5.97. The molecular weight excluding hydrogens is 198 g/mol. The normalized spacial score (nSPS) is 11.8. The van der Waals surface area contributed by atoms with Crippen LogP contribution in [-0.4, -0.2) is 6.61 Å². The van der Waals surface area contributed by atoms with Gasteiger partial charge in [0.2, 0.25) is 0 Å². The summed E-state index contributed by atoms with van der Waals surface area (Å²) in [6.07, 6.45) is 0. The molecule has 1 rings (SSSR count). The molecule has 0 saturated heterocycles. The lowest BCUT2D eigenvalue weighted by atomic mass is 9.85. The molecule has 0 saturated carbocycles. The Morgan fingerprint density at radius 3 is 2.64 bits per heavy atom. The summed E-state index contributed by atoms with van der Waals surface area (Å²) in [5, 5.41) is 0.762. The van der Waals surface area contributed by atoms with Crippen LogP contribution in [0.4, 0.5) is 0 Å². The van der Waals surface area contributed by atoms with E-state index in [-0.39, 0.29) is 5.41 Å². The minimum atomic E-state index is -0.155. The Balaban J connectivity index is 3.10. The lowest BCUT2D eigenvalue weighted by Crippen LogP contribution is -2.26. The first kappa shape index (κ1) is 11.5. The Morgan fingerprint density at radius 2 is 2.07 bits per heavy atom. The summed E-state index contributed by atoms with van der Waals surface area (Å²) in [6.45, 7) is 6.61. The predicted molar refractivity (Wildman–Crippen MR) is 59.4 cm³/mol. The van der Waals surface area contributed by atoms with E-state index in [1.165, 1.54) is 5.56 Å². The summed E-state index contributed by atoms with van der Waals surface area (Å²) >= 11 is 6.12. The van der Waals surface area contributed by atoms with Crippen LogP contribution in [0.15, 0.2) is 18.2 Å². The van der Waals surface area contributed by atoms with Crippen LogP contribution in [0, 0.1) is 6.92 Å². The van der Waals surface area contributed by atoms with Crippen LogP contribution >= 0.6 is 11.6 Å². The van der Waals surface area contributed by atoms with E-state index < -0.39 is 0 Å². The number of hydrogen-bond acceptors (Lipinski definition) is 2. The van der Waals surface area contributed by atoms with Gasteiger partial charge in [0.1, 0.15) is 0 Å². The zero-order chi connectivity index (χ0) is 10.8. The average molecular weight is 214 g/mol. The van der Waals surface area contributed by atoms with Crippen molar-refractivity contribution in [2.24, 2.45) is 5.90 Å². The van der Waals surface area contributed by atoms with Gasteiger partial charge in [-0.1, -0.05) is 43.1 Å². The zero-order valence-electron chi connectivity index (χ0n) is 8.80. The first-order chi connectivity index (χ1) is 6.47. The molecule has 78 valence electrons. The Bertz CT molecular complexity index is 323. The van der Waals surface area contributed by atoms with Gasteiger partial charge in [0.15, 0.2) is 0 Å². The molecule has 0 heterocycles. The van der Waals surface area contributed by atoms with Gasteiger partial charge in [0.25, 0.3) is 0 Å². The SMILES string of the molecule is Cc1ccc(Cl)c(C(C)(C)CON)c1. The van der Waals surface area contributed by atoms with E-state index in [9.17, 15) is 0 Å². The topological polar surface area (TPSA) is 35.2 Å². The maximum Gasteiger partial charge on any atom is 0.0771 e. The molecule has 14 heavy (non-hydrogen) atoms. The molecule has 0 unspecified atom stereocenters. The van der Waals surface area contributed by atoms with Gasteiger partial charge in [-0.2, -0.15) is 0 Å². The summed E-state index contributed by atoms with van der Waals surface area (Å²) in [7, 11) is 0. The first-order valence-electron chi connectivity index (χ1n) is 4.55. The standard InChI is InChI=1S/C11H16ClNO/c1-8-4-5-10(12)9(6-8)11(2,3)7-14-13/h4-6H,7,13H2,1-3H3. The quantitative estimate of drug-likeness (QED) is 0.784. The summed E-state index contributed by atoms with van der Waals surface area (Å²) in [5.74, 6) is 5.10. The molecule has 0 atom stereocenters. The molecule has 0 aliphatic heterocycles. The molecule has 0 radical (unpaired) electrons. The molecule has 1 aromatic rings. The Hall–Kier alpha value is -0.570. The zero-order valence-corrected chi connectivity index (χ0v) is 9.56. The van der Waals surface area contributed by atoms with Crippen molar-refractivity contribution in [1.29, 1.82) is 0 Å². The van der Waals surface area contributed by atoms with Crippen molar-refractivity contribution in [3.05, 3.63) is 34.3 Å². The number of halogens is 1. The van der Waals surface area contributed by atoms with E-state index in [0.29, 0.717) is 6.61 Å². The van der Waals surface area contributed by atoms with Crippen molar-refractivity contribution in [2.75, 3.05) is 6.61 Å². The maximum atomic E-state index is 6.12. The number of nitrogens with two attached hydrogens (primary N) is 1. The third-order valence-electron chi connectivity index (χ3n) is 2.30. The summed E-state index contributed by atoms with van der Waals surface area (Å²) < 4.78 is 0. The van der Waals surface area contributed by atoms with Crippen molar-refractivity contribution in [3.63, 3.8) is 0 Å². The van der Waals surface area contributed by atoms with Gasteiger partial charge in [-0.25, -0.2) is 5.90 Å². The van der Waals surface area contributed by atoms with Crippen LogP contribution in [0.5, 0.6) is 0 Å². The smallest absolute Gasteiger partial charge is 0.0771 e. The van der Waals surface area contributed by atoms with E-state index in [0.717, 1.165) is 10.6 Å². The monoisotopic (exact) mass is 213 g/mol. The van der Waals surface area contributed by atoms with Gasteiger partial charge in [-0.05, 0) is 18.6 Å². The van der Waals surface area contributed by atoms with E-state index in [2.05, 4.69) is 19.9 Å². The fourth-order valence-electron chi connectivity index (χ4n) is 1.44. The van der Waals surface area contributed by atoms with Gasteiger partial charge in [0.05, 0.1) is 6.61 Å². The van der Waals surface area contributed by atoms with Gasteiger partial charge < -0.3 is 4.84 Å². The Labute approximate surface area is 90.0 Å². The second-order valence-corrected chi connectivity index (χ2v) is 4.59. The highest BCUT2D eigenvalue weighted by Crippen LogP contribution is 2.30. The first-order valence-corrected chi connectivity index (χ1v) is 4.93.